The van der Waals surface area contributed by atoms with Crippen LogP contribution in [0, 0.1) is 0 Å². The van der Waals surface area contributed by atoms with Crippen LogP contribution in [-0.2, 0) is 11.3 Å². The lowest BCUT2D eigenvalue weighted by Crippen LogP contribution is -2.48. The van der Waals surface area contributed by atoms with Gasteiger partial charge in [-0.2, -0.15) is 0 Å². The van der Waals surface area contributed by atoms with Crippen molar-refractivity contribution >= 4 is 23.1 Å². The van der Waals surface area contributed by atoms with Gasteiger partial charge in [0.15, 0.2) is 5.82 Å². The lowest BCUT2D eigenvalue weighted by molar-refractivity contribution is 0.103. The maximum Gasteiger partial charge on any atom is 0.413 e. The summed E-state index contributed by atoms with van der Waals surface area (Å²) < 4.78 is 4.98. The van der Waals surface area contributed by atoms with E-state index >= 15 is 0 Å². The second-order valence-corrected chi connectivity index (χ2v) is 9.37. The summed E-state index contributed by atoms with van der Waals surface area (Å²) in [6.45, 7) is 11.7. The summed E-state index contributed by atoms with van der Waals surface area (Å²) in [5.74, 6) is 0.850. The molecule has 1 aromatic carbocycles. The second kappa shape index (κ2) is 11.0. The normalized spacial score (nSPS) is 14.8. The summed E-state index contributed by atoms with van der Waals surface area (Å²) in [4.78, 5) is 38.3. The number of hydrogen-bond donors (Lipinski definition) is 2. The van der Waals surface area contributed by atoms with Gasteiger partial charge in [-0.15, -0.1) is 0 Å². The molecule has 1 aliphatic heterocycles. The van der Waals surface area contributed by atoms with Crippen LogP contribution in [0.5, 0.6) is 0 Å². The zero-order valence-electron chi connectivity index (χ0n) is 21.4. The van der Waals surface area contributed by atoms with Gasteiger partial charge < -0.3 is 9.72 Å². The van der Waals surface area contributed by atoms with E-state index in [0.29, 0.717) is 23.3 Å². The van der Waals surface area contributed by atoms with Crippen LogP contribution in [0.1, 0.15) is 26.5 Å². The molecule has 0 aliphatic carbocycles. The number of anilines is 1. The standard InChI is InChI=1S/C27H32N8O2/c1-4-37-27(36)33-26-31-23-15-20(14-22(24(23)32-26)25-28-8-5-9-29-25)19-6-7-21(30-16-19)17-34-10-12-35(13-11-34)18(2)3/h5-9,14-16,18H,4,10-13,17H2,1-3H3,(H2,31,32,33,36). The van der Waals surface area contributed by atoms with Crippen molar-refractivity contribution in [3.05, 3.63) is 54.6 Å². The molecule has 3 aromatic heterocycles. The molecule has 0 saturated carbocycles. The largest absolute Gasteiger partial charge is 0.450 e. The van der Waals surface area contributed by atoms with Gasteiger partial charge in [0, 0.05) is 68.5 Å². The quantitative estimate of drug-likeness (QED) is 0.389. The minimum absolute atomic E-state index is 0.274. The van der Waals surface area contributed by atoms with Gasteiger partial charge in [0.25, 0.3) is 0 Å². The molecule has 192 valence electrons. The second-order valence-electron chi connectivity index (χ2n) is 9.37. The van der Waals surface area contributed by atoms with Crippen molar-refractivity contribution < 1.29 is 9.53 Å². The van der Waals surface area contributed by atoms with Gasteiger partial charge in [-0.05, 0) is 50.6 Å². The van der Waals surface area contributed by atoms with Crippen LogP contribution in [0.25, 0.3) is 33.5 Å². The van der Waals surface area contributed by atoms with Crippen molar-refractivity contribution in [2.75, 3.05) is 38.1 Å². The summed E-state index contributed by atoms with van der Waals surface area (Å²) in [6, 6.07) is 10.6. The van der Waals surface area contributed by atoms with E-state index in [0.717, 1.165) is 60.6 Å². The molecule has 4 aromatic rings. The summed E-state index contributed by atoms with van der Waals surface area (Å²) in [6.07, 6.45) is 4.74. The first-order valence-corrected chi connectivity index (χ1v) is 12.7. The molecule has 0 atom stereocenters. The van der Waals surface area contributed by atoms with E-state index in [1.807, 2.05) is 18.3 Å². The molecule has 0 bridgehead atoms. The number of pyridine rings is 1. The van der Waals surface area contributed by atoms with E-state index in [4.69, 9.17) is 9.72 Å². The molecule has 10 nitrogen and oxygen atoms in total. The number of aromatic amines is 1. The number of nitrogens with one attached hydrogen (secondary N) is 2. The highest BCUT2D eigenvalue weighted by Crippen LogP contribution is 2.32. The first-order chi connectivity index (χ1) is 18.0. The Morgan fingerprint density at radius 3 is 2.54 bits per heavy atom. The van der Waals surface area contributed by atoms with E-state index in [1.165, 1.54) is 0 Å². The Labute approximate surface area is 216 Å². The SMILES string of the molecule is CCOC(=O)Nc1nc2c(-c3ncccn3)cc(-c3ccc(CN4CCN(C(C)C)CC4)nc3)cc2[nH]1. The number of benzene rings is 1. The third-order valence-electron chi connectivity index (χ3n) is 6.57. The molecule has 10 heteroatoms. The topological polar surface area (TPSA) is 112 Å². The molecule has 2 N–H and O–H groups in total. The number of imidazole rings is 1. The fraction of sp³-hybridized carbons (Fsp3) is 0.370. The minimum Gasteiger partial charge on any atom is -0.450 e. The number of amides is 1. The number of ether oxygens (including phenoxy) is 1. The van der Waals surface area contributed by atoms with Crippen LogP contribution >= 0.6 is 0 Å². The number of fused-ring (bicyclic) bond motifs is 1. The lowest BCUT2D eigenvalue weighted by atomic mass is 10.0. The van der Waals surface area contributed by atoms with Crippen LogP contribution in [0.4, 0.5) is 10.7 Å². The van der Waals surface area contributed by atoms with Crippen LogP contribution in [-0.4, -0.2) is 79.6 Å². The molecule has 1 fully saturated rings. The molecule has 0 spiro atoms. The maximum atomic E-state index is 11.9. The zero-order valence-corrected chi connectivity index (χ0v) is 21.4. The molecule has 5 rings (SSSR count). The molecule has 4 heterocycles. The molecule has 1 saturated heterocycles. The predicted octanol–water partition coefficient (Wildman–Crippen LogP) is 4.18. The summed E-state index contributed by atoms with van der Waals surface area (Å²) in [7, 11) is 0. The predicted molar refractivity (Wildman–Crippen MR) is 143 cm³/mol. The van der Waals surface area contributed by atoms with E-state index in [-0.39, 0.29) is 6.61 Å². The molecule has 0 unspecified atom stereocenters. The number of aromatic nitrogens is 5. The average Bonchev–Trinajstić information content (AvgIpc) is 3.31. The lowest BCUT2D eigenvalue weighted by Gasteiger charge is -2.36. The van der Waals surface area contributed by atoms with Gasteiger partial charge in [-0.25, -0.2) is 19.7 Å². The third-order valence-corrected chi connectivity index (χ3v) is 6.57. The number of H-pyrrole nitrogens is 1. The van der Waals surface area contributed by atoms with Crippen LogP contribution in [0.3, 0.4) is 0 Å². The van der Waals surface area contributed by atoms with Crippen LogP contribution in [0.2, 0.25) is 0 Å². The molecule has 1 amide bonds. The summed E-state index contributed by atoms with van der Waals surface area (Å²) in [5, 5.41) is 2.64. The molecular weight excluding hydrogens is 468 g/mol. The van der Waals surface area contributed by atoms with E-state index in [9.17, 15) is 4.79 Å². The van der Waals surface area contributed by atoms with Crippen LogP contribution in [0.15, 0.2) is 48.9 Å². The summed E-state index contributed by atoms with van der Waals surface area (Å²) >= 11 is 0. The molecular formula is C27H32N8O2. The third kappa shape index (κ3) is 5.76. The van der Waals surface area contributed by atoms with Crippen LogP contribution < -0.4 is 5.32 Å². The van der Waals surface area contributed by atoms with Gasteiger partial charge in [-0.3, -0.25) is 20.1 Å². The van der Waals surface area contributed by atoms with Crippen molar-refractivity contribution in [3.8, 4) is 22.5 Å². The monoisotopic (exact) mass is 500 g/mol. The Balaban J connectivity index is 1.40. The van der Waals surface area contributed by atoms with Gasteiger partial charge >= 0.3 is 6.09 Å². The van der Waals surface area contributed by atoms with E-state index in [2.05, 4.69) is 61.0 Å². The number of piperazine rings is 1. The van der Waals surface area contributed by atoms with Gasteiger partial charge in [0.2, 0.25) is 5.95 Å². The van der Waals surface area contributed by atoms with Crippen molar-refractivity contribution in [2.24, 2.45) is 0 Å². The highest BCUT2D eigenvalue weighted by molar-refractivity contribution is 5.96. The maximum absolute atomic E-state index is 11.9. The van der Waals surface area contributed by atoms with Crippen molar-refractivity contribution in [1.29, 1.82) is 0 Å². The Morgan fingerprint density at radius 1 is 1.08 bits per heavy atom. The Hall–Kier alpha value is -3.89. The number of carbonyl (C=O) groups excluding carboxylic acids is 1. The van der Waals surface area contributed by atoms with Gasteiger partial charge in [0.1, 0.15) is 5.52 Å². The molecule has 0 radical (unpaired) electrons. The van der Waals surface area contributed by atoms with Crippen molar-refractivity contribution in [3.63, 3.8) is 0 Å². The fourth-order valence-corrected chi connectivity index (χ4v) is 4.57. The highest BCUT2D eigenvalue weighted by atomic mass is 16.5. The van der Waals surface area contributed by atoms with Crippen molar-refractivity contribution in [1.82, 2.24) is 34.7 Å². The number of rotatable bonds is 7. The Kier molecular flexibility index (Phi) is 7.38. The Bertz CT molecular complexity index is 1350. The average molecular weight is 501 g/mol. The minimum atomic E-state index is -0.565. The Morgan fingerprint density at radius 2 is 1.86 bits per heavy atom. The van der Waals surface area contributed by atoms with E-state index in [1.54, 1.807) is 25.4 Å². The highest BCUT2D eigenvalue weighted by Gasteiger charge is 2.19. The number of nitrogens with zero attached hydrogens (tertiary/aromatic N) is 6. The fourth-order valence-electron chi connectivity index (χ4n) is 4.57. The number of carbonyl (C=O) groups is 1. The zero-order chi connectivity index (χ0) is 25.8. The molecule has 1 aliphatic rings. The van der Waals surface area contributed by atoms with E-state index < -0.39 is 6.09 Å². The van der Waals surface area contributed by atoms with Crippen molar-refractivity contribution in [2.45, 2.75) is 33.4 Å². The smallest absolute Gasteiger partial charge is 0.413 e. The number of hydrogen-bond acceptors (Lipinski definition) is 8. The van der Waals surface area contributed by atoms with Gasteiger partial charge in [-0.1, -0.05) is 6.07 Å². The first-order valence-electron chi connectivity index (χ1n) is 12.7. The summed E-state index contributed by atoms with van der Waals surface area (Å²) in [5.41, 5.74) is 5.14. The molecule has 37 heavy (non-hydrogen) atoms. The van der Waals surface area contributed by atoms with Gasteiger partial charge in [0.05, 0.1) is 17.8 Å². The first kappa shape index (κ1) is 24.8.